The van der Waals surface area contributed by atoms with Crippen LogP contribution in [-0.2, 0) is 20.5 Å². The molecule has 3 fully saturated rings. The molecular formula is C17H15ClF3NO4. The molecule has 3 aliphatic heterocycles. The first kappa shape index (κ1) is 17.8. The van der Waals surface area contributed by atoms with Crippen molar-refractivity contribution < 1.29 is 32.6 Å². The molecule has 0 aliphatic carbocycles. The van der Waals surface area contributed by atoms with Crippen molar-refractivity contribution in [2.75, 3.05) is 4.90 Å². The molecule has 1 aromatic rings. The first-order valence-electron chi connectivity index (χ1n) is 8.03. The monoisotopic (exact) mass is 389 g/mol. The second-order valence-electron chi connectivity index (χ2n) is 7.45. The van der Waals surface area contributed by atoms with E-state index < -0.39 is 57.7 Å². The molecule has 140 valence electrons. The molecule has 0 saturated carbocycles. The van der Waals surface area contributed by atoms with Crippen LogP contribution in [0.25, 0.3) is 0 Å². The Kier molecular flexibility index (Phi) is 3.41. The lowest BCUT2D eigenvalue weighted by atomic mass is 9.67. The van der Waals surface area contributed by atoms with Crippen molar-refractivity contribution in [3.63, 3.8) is 0 Å². The van der Waals surface area contributed by atoms with Crippen molar-refractivity contribution >= 4 is 29.1 Å². The third-order valence-electron chi connectivity index (χ3n) is 5.81. The van der Waals surface area contributed by atoms with E-state index in [-0.39, 0.29) is 12.1 Å². The first-order valence-corrected chi connectivity index (χ1v) is 8.41. The fourth-order valence-electron chi connectivity index (χ4n) is 4.65. The number of nitrogens with zero attached hydrogens (tertiary/aromatic N) is 1. The second-order valence-corrected chi connectivity index (χ2v) is 7.85. The van der Waals surface area contributed by atoms with Crippen molar-refractivity contribution in [3.8, 4) is 0 Å². The topological polar surface area (TPSA) is 66.8 Å². The first-order chi connectivity index (χ1) is 11.9. The molecular weight excluding hydrogens is 375 g/mol. The van der Waals surface area contributed by atoms with Gasteiger partial charge in [0.25, 0.3) is 0 Å². The van der Waals surface area contributed by atoms with Crippen LogP contribution in [0.1, 0.15) is 25.8 Å². The molecule has 26 heavy (non-hydrogen) atoms. The third-order valence-corrected chi connectivity index (χ3v) is 6.14. The molecule has 3 heterocycles. The van der Waals surface area contributed by atoms with E-state index in [2.05, 4.69) is 0 Å². The lowest BCUT2D eigenvalue weighted by molar-refractivity contribution is -0.138. The molecule has 0 spiro atoms. The molecule has 9 heteroatoms. The summed E-state index contributed by atoms with van der Waals surface area (Å²) in [5.74, 6) is -3.06. The Bertz CT molecular complexity index is 844. The quantitative estimate of drug-likeness (QED) is 0.750. The molecule has 5 atom stereocenters. The highest BCUT2D eigenvalue weighted by Crippen LogP contribution is 2.61. The molecule has 0 unspecified atom stereocenters. The van der Waals surface area contributed by atoms with Gasteiger partial charge in [0.05, 0.1) is 39.8 Å². The highest BCUT2D eigenvalue weighted by atomic mass is 35.5. The summed E-state index contributed by atoms with van der Waals surface area (Å²) in [4.78, 5) is 26.6. The number of carbonyl (C=O) groups is 2. The van der Waals surface area contributed by atoms with Crippen LogP contribution in [0.15, 0.2) is 18.2 Å². The number of ether oxygens (including phenoxy) is 1. The van der Waals surface area contributed by atoms with Crippen LogP contribution in [0.5, 0.6) is 0 Å². The predicted octanol–water partition coefficient (Wildman–Crippen LogP) is 2.78. The molecule has 3 aliphatic rings. The zero-order valence-corrected chi connectivity index (χ0v) is 14.6. The summed E-state index contributed by atoms with van der Waals surface area (Å²) in [6.45, 7) is 3.20. The Morgan fingerprint density at radius 1 is 1.23 bits per heavy atom. The van der Waals surface area contributed by atoms with E-state index in [1.54, 1.807) is 13.8 Å². The standard InChI is InChI=1S/C17H15ClF3NO4/c1-15-6-10(23)16(2,26-15)12-11(15)13(24)22(14(12)25)7-3-4-9(18)8(5-7)17(19,20)21/h3-5,10-12,23H,6H2,1-2H3/t10-,11+,12-,15+,16-/m0/s1. The van der Waals surface area contributed by atoms with Gasteiger partial charge in [-0.1, -0.05) is 11.6 Å². The van der Waals surface area contributed by atoms with E-state index in [1.165, 1.54) is 6.07 Å². The number of fused-ring (bicyclic) bond motifs is 5. The van der Waals surface area contributed by atoms with Crippen LogP contribution < -0.4 is 4.90 Å². The largest absolute Gasteiger partial charge is 0.417 e. The second kappa shape index (κ2) is 4.99. The van der Waals surface area contributed by atoms with E-state index in [0.29, 0.717) is 6.07 Å². The minimum absolute atomic E-state index is 0.186. The summed E-state index contributed by atoms with van der Waals surface area (Å²) in [5.41, 5.74) is -3.57. The van der Waals surface area contributed by atoms with E-state index in [9.17, 15) is 27.9 Å². The number of amides is 2. The average Bonchev–Trinajstić information content (AvgIpc) is 3.01. The van der Waals surface area contributed by atoms with Crippen molar-refractivity contribution in [1.82, 2.24) is 0 Å². The van der Waals surface area contributed by atoms with Crippen LogP contribution in [0.2, 0.25) is 5.02 Å². The normalized spacial score (nSPS) is 39.0. The lowest BCUT2D eigenvalue weighted by Gasteiger charge is -2.31. The molecule has 2 amide bonds. The summed E-state index contributed by atoms with van der Waals surface area (Å²) in [6, 6.07) is 2.92. The number of imide groups is 1. The Morgan fingerprint density at radius 3 is 2.46 bits per heavy atom. The Balaban J connectivity index is 1.80. The smallest absolute Gasteiger partial charge is 0.390 e. The van der Waals surface area contributed by atoms with Crippen molar-refractivity contribution in [2.24, 2.45) is 11.8 Å². The molecule has 0 aromatic heterocycles. The highest BCUT2D eigenvalue weighted by Gasteiger charge is 2.75. The maximum Gasteiger partial charge on any atom is 0.417 e. The highest BCUT2D eigenvalue weighted by molar-refractivity contribution is 6.31. The van der Waals surface area contributed by atoms with Crippen molar-refractivity contribution in [1.29, 1.82) is 0 Å². The molecule has 5 nitrogen and oxygen atoms in total. The van der Waals surface area contributed by atoms with Crippen LogP contribution >= 0.6 is 11.6 Å². The van der Waals surface area contributed by atoms with Crippen LogP contribution in [-0.4, -0.2) is 34.2 Å². The number of hydrogen-bond donors (Lipinski definition) is 1. The number of benzene rings is 1. The Labute approximate surface area is 151 Å². The number of alkyl halides is 3. The zero-order valence-electron chi connectivity index (χ0n) is 13.8. The average molecular weight is 390 g/mol. The molecule has 0 radical (unpaired) electrons. The number of carbonyl (C=O) groups excluding carboxylic acids is 2. The summed E-state index contributed by atoms with van der Waals surface area (Å²) in [7, 11) is 0. The van der Waals surface area contributed by atoms with Gasteiger partial charge in [0.1, 0.15) is 5.60 Å². The van der Waals surface area contributed by atoms with E-state index in [1.807, 2.05) is 0 Å². The van der Waals surface area contributed by atoms with Crippen molar-refractivity contribution in [2.45, 2.75) is 43.8 Å². The number of rotatable bonds is 1. The van der Waals surface area contributed by atoms with Gasteiger partial charge in [0, 0.05) is 6.42 Å². The van der Waals surface area contributed by atoms with Crippen LogP contribution in [0, 0.1) is 11.8 Å². The summed E-state index contributed by atoms with van der Waals surface area (Å²) in [5, 5.41) is 9.75. The van der Waals surface area contributed by atoms with E-state index >= 15 is 0 Å². The molecule has 4 rings (SSSR count). The molecule has 2 bridgehead atoms. The SMILES string of the molecule is C[C@]12O[C@](C)(C[C@@H]1O)[C@H]1C(=O)N(c3ccc(Cl)c(C(F)(F)F)c3)C(=O)[C@H]12. The van der Waals surface area contributed by atoms with Gasteiger partial charge < -0.3 is 9.84 Å². The van der Waals surface area contributed by atoms with Gasteiger partial charge in [0.15, 0.2) is 0 Å². The third kappa shape index (κ3) is 2.06. The minimum Gasteiger partial charge on any atom is -0.390 e. The van der Waals surface area contributed by atoms with Gasteiger partial charge in [0.2, 0.25) is 11.8 Å². The van der Waals surface area contributed by atoms with Crippen LogP contribution in [0.4, 0.5) is 18.9 Å². The van der Waals surface area contributed by atoms with Gasteiger partial charge in [-0.3, -0.25) is 9.59 Å². The van der Waals surface area contributed by atoms with Gasteiger partial charge >= 0.3 is 6.18 Å². The van der Waals surface area contributed by atoms with E-state index in [0.717, 1.165) is 11.0 Å². The van der Waals surface area contributed by atoms with Gasteiger partial charge in [-0.25, -0.2) is 4.90 Å². The maximum absolute atomic E-state index is 13.1. The van der Waals surface area contributed by atoms with Gasteiger partial charge in [-0.15, -0.1) is 0 Å². The van der Waals surface area contributed by atoms with Crippen molar-refractivity contribution in [3.05, 3.63) is 28.8 Å². The fourth-order valence-corrected chi connectivity index (χ4v) is 4.87. The number of aliphatic hydroxyl groups is 1. The fraction of sp³-hybridized carbons (Fsp3) is 0.529. The summed E-state index contributed by atoms with van der Waals surface area (Å²) in [6.07, 6.45) is -5.46. The van der Waals surface area contributed by atoms with Gasteiger partial charge in [-0.05, 0) is 32.0 Å². The number of anilines is 1. The predicted molar refractivity (Wildman–Crippen MR) is 84.4 cm³/mol. The lowest BCUT2D eigenvalue weighted by Crippen LogP contribution is -2.49. The maximum atomic E-state index is 13.1. The number of aliphatic hydroxyl groups excluding tert-OH is 1. The summed E-state index contributed by atoms with van der Waals surface area (Å²) >= 11 is 5.61. The Hall–Kier alpha value is -1.64. The van der Waals surface area contributed by atoms with Crippen LogP contribution in [0.3, 0.4) is 0 Å². The summed E-state index contributed by atoms with van der Waals surface area (Å²) < 4.78 is 45.2. The molecule has 1 N–H and O–H groups in total. The zero-order chi connectivity index (χ0) is 19.2. The van der Waals surface area contributed by atoms with E-state index in [4.69, 9.17) is 16.3 Å². The number of halogens is 4. The Morgan fingerprint density at radius 2 is 1.85 bits per heavy atom. The molecule has 1 aromatic carbocycles. The van der Waals surface area contributed by atoms with Gasteiger partial charge in [-0.2, -0.15) is 13.2 Å². The molecule has 3 saturated heterocycles. The minimum atomic E-state index is -4.72. The number of hydrogen-bond acceptors (Lipinski definition) is 4.